The Balaban J connectivity index is 1.36. The lowest BCUT2D eigenvalue weighted by molar-refractivity contribution is -0.141. The molecule has 2 aliphatic carbocycles. The van der Waals surface area contributed by atoms with Gasteiger partial charge in [0.15, 0.2) is 5.78 Å². The van der Waals surface area contributed by atoms with Crippen molar-refractivity contribution in [2.24, 2.45) is 17.3 Å². The maximum Gasteiger partial charge on any atom is 0.318 e. The second kappa shape index (κ2) is 9.97. The first-order valence-electron chi connectivity index (χ1n) is 13.6. The number of rotatable bonds is 8. The van der Waals surface area contributed by atoms with E-state index < -0.39 is 5.54 Å². The summed E-state index contributed by atoms with van der Waals surface area (Å²) in [7, 11) is 1.77. The van der Waals surface area contributed by atoms with Crippen molar-refractivity contribution in [2.75, 3.05) is 39.8 Å². The zero-order valence-corrected chi connectivity index (χ0v) is 22.3. The van der Waals surface area contributed by atoms with Gasteiger partial charge in [0.25, 0.3) is 0 Å². The monoisotopic (exact) mass is 514 g/mol. The van der Waals surface area contributed by atoms with E-state index in [0.29, 0.717) is 50.6 Å². The molecule has 2 saturated carbocycles. The third kappa shape index (κ3) is 4.89. The Morgan fingerprint density at radius 2 is 1.78 bits per heavy atom. The minimum Gasteiger partial charge on any atom is -0.342 e. The number of nitrogens with one attached hydrogen (secondary N) is 2. The van der Waals surface area contributed by atoms with Crippen LogP contribution in [0.2, 0.25) is 5.02 Å². The molecule has 4 aliphatic rings. The molecular formula is C28H39ClN4O3. The van der Waals surface area contributed by atoms with Crippen molar-refractivity contribution < 1.29 is 14.4 Å². The molecule has 2 heterocycles. The Morgan fingerprint density at radius 1 is 1.11 bits per heavy atom. The van der Waals surface area contributed by atoms with Gasteiger partial charge in [0.05, 0.1) is 0 Å². The largest absolute Gasteiger partial charge is 0.342 e. The number of hydrogen-bond donors (Lipinski definition) is 2. The molecule has 0 aromatic heterocycles. The molecule has 7 nitrogen and oxygen atoms in total. The molecule has 5 rings (SSSR count). The lowest BCUT2D eigenvalue weighted by atomic mass is 9.72. The molecule has 0 unspecified atom stereocenters. The second-order valence-corrected chi connectivity index (χ2v) is 12.1. The van der Waals surface area contributed by atoms with Crippen LogP contribution in [0.3, 0.4) is 0 Å². The highest BCUT2D eigenvalue weighted by atomic mass is 35.5. The van der Waals surface area contributed by atoms with E-state index in [4.69, 9.17) is 11.6 Å². The fourth-order valence-electron chi connectivity index (χ4n) is 6.14. The third-order valence-electron chi connectivity index (χ3n) is 9.12. The number of piperidine rings is 1. The predicted molar refractivity (Wildman–Crippen MR) is 140 cm³/mol. The highest BCUT2D eigenvalue weighted by Gasteiger charge is 2.56. The summed E-state index contributed by atoms with van der Waals surface area (Å²) in [5, 5.41) is 7.15. The lowest BCUT2D eigenvalue weighted by Gasteiger charge is -2.45. The smallest absolute Gasteiger partial charge is 0.318 e. The number of carbonyl (C=O) groups excluding carboxylic acids is 3. The summed E-state index contributed by atoms with van der Waals surface area (Å²) in [5.74, 6) is 0.713. The quantitative estimate of drug-likeness (QED) is 0.552. The Bertz CT molecular complexity index is 999. The van der Waals surface area contributed by atoms with E-state index in [1.54, 1.807) is 11.9 Å². The van der Waals surface area contributed by atoms with Gasteiger partial charge in [0, 0.05) is 62.0 Å². The summed E-state index contributed by atoms with van der Waals surface area (Å²) in [6.07, 6.45) is 6.70. The van der Waals surface area contributed by atoms with Crippen molar-refractivity contribution in [3.63, 3.8) is 0 Å². The number of hydrogen-bond acceptors (Lipinski definition) is 4. The van der Waals surface area contributed by atoms with Crippen molar-refractivity contribution in [3.05, 3.63) is 34.9 Å². The van der Waals surface area contributed by atoms with Gasteiger partial charge in [-0.3, -0.25) is 9.59 Å². The second-order valence-electron chi connectivity index (χ2n) is 11.7. The summed E-state index contributed by atoms with van der Waals surface area (Å²) in [6, 6.07) is 7.45. The van der Waals surface area contributed by atoms with Crippen LogP contribution in [0, 0.1) is 17.3 Å². The van der Waals surface area contributed by atoms with Gasteiger partial charge in [-0.1, -0.05) is 43.5 Å². The molecule has 196 valence electrons. The van der Waals surface area contributed by atoms with Crippen LogP contribution in [-0.2, 0) is 9.59 Å². The fraction of sp³-hybridized carbons (Fsp3) is 0.679. The van der Waals surface area contributed by atoms with Gasteiger partial charge in [-0.15, -0.1) is 0 Å². The number of likely N-dealkylation sites (N-methyl/N-ethyl adjacent to an activating group) is 1. The summed E-state index contributed by atoms with van der Waals surface area (Å²) in [6.45, 7) is 4.93. The van der Waals surface area contributed by atoms with Crippen molar-refractivity contribution in [3.8, 4) is 0 Å². The molecule has 0 bridgehead atoms. The van der Waals surface area contributed by atoms with Crippen LogP contribution in [0.4, 0.5) is 4.79 Å². The average molecular weight is 515 g/mol. The molecule has 0 radical (unpaired) electrons. The van der Waals surface area contributed by atoms with Crippen molar-refractivity contribution in [1.82, 2.24) is 20.4 Å². The maximum atomic E-state index is 14.4. The molecule has 2 atom stereocenters. The molecule has 1 aromatic carbocycles. The van der Waals surface area contributed by atoms with Crippen molar-refractivity contribution >= 4 is 29.3 Å². The molecule has 0 spiro atoms. The molecule has 2 aliphatic heterocycles. The Kier molecular flexibility index (Phi) is 7.07. The van der Waals surface area contributed by atoms with Gasteiger partial charge in [-0.2, -0.15) is 0 Å². The SMILES string of the molecule is CN(C(=O)NCCC1CC1)[C@@]1(C(=O)C2CCN(C(=O)C3(C)CC3)CC2)CNC[C@@H]1c1ccc(Cl)cc1. The van der Waals surface area contributed by atoms with Gasteiger partial charge < -0.3 is 20.4 Å². The molecule has 1 aromatic rings. The highest BCUT2D eigenvalue weighted by Crippen LogP contribution is 2.47. The number of likely N-dealkylation sites (tertiary alicyclic amines) is 1. The average Bonchev–Trinajstić information content (AvgIpc) is 3.82. The van der Waals surface area contributed by atoms with E-state index in [2.05, 4.69) is 10.6 Å². The Morgan fingerprint density at radius 3 is 2.39 bits per heavy atom. The number of nitrogens with zero attached hydrogens (tertiary/aromatic N) is 2. The van der Waals surface area contributed by atoms with Crippen molar-refractivity contribution in [1.29, 1.82) is 0 Å². The normalized spacial score (nSPS) is 27.5. The van der Waals surface area contributed by atoms with Crippen LogP contribution in [0.25, 0.3) is 0 Å². The number of amides is 3. The molecule has 2 saturated heterocycles. The topological polar surface area (TPSA) is 81.8 Å². The van der Waals surface area contributed by atoms with E-state index in [0.717, 1.165) is 30.7 Å². The number of benzene rings is 1. The first-order chi connectivity index (χ1) is 17.2. The van der Waals surface area contributed by atoms with E-state index in [1.807, 2.05) is 36.1 Å². The van der Waals surface area contributed by atoms with Gasteiger partial charge in [-0.05, 0) is 55.7 Å². The minimum atomic E-state index is -0.989. The van der Waals surface area contributed by atoms with Crippen LogP contribution in [0.1, 0.15) is 63.4 Å². The summed E-state index contributed by atoms with van der Waals surface area (Å²) in [5.41, 5.74) is -0.174. The van der Waals surface area contributed by atoms with Gasteiger partial charge in [0.1, 0.15) is 5.54 Å². The highest BCUT2D eigenvalue weighted by molar-refractivity contribution is 6.30. The fourth-order valence-corrected chi connectivity index (χ4v) is 6.26. The zero-order valence-electron chi connectivity index (χ0n) is 21.5. The van der Waals surface area contributed by atoms with E-state index in [1.165, 1.54) is 12.8 Å². The predicted octanol–water partition coefficient (Wildman–Crippen LogP) is 3.81. The van der Waals surface area contributed by atoms with Crippen LogP contribution in [-0.4, -0.2) is 72.8 Å². The van der Waals surface area contributed by atoms with Crippen LogP contribution < -0.4 is 10.6 Å². The Hall–Kier alpha value is -2.12. The standard InChI is InChI=1S/C28H39ClN4O3/c1-27(12-13-27)25(35)33-15-10-21(11-16-33)24(34)28(32(2)26(36)31-14-9-19-3-4-19)18-30-17-23(28)20-5-7-22(29)8-6-20/h5-8,19,21,23,30H,3-4,9-18H2,1-2H3,(H,31,36)/t23-,28+/m1/s1. The number of urea groups is 1. The number of carbonyl (C=O) groups is 3. The molecular weight excluding hydrogens is 476 g/mol. The van der Waals surface area contributed by atoms with E-state index >= 15 is 0 Å². The zero-order chi connectivity index (χ0) is 25.5. The van der Waals surface area contributed by atoms with Crippen LogP contribution in [0.15, 0.2) is 24.3 Å². The molecule has 2 N–H and O–H groups in total. The lowest BCUT2D eigenvalue weighted by Crippen LogP contribution is -2.63. The minimum absolute atomic E-state index is 0.108. The summed E-state index contributed by atoms with van der Waals surface area (Å²) in [4.78, 5) is 44.2. The molecule has 3 amide bonds. The first kappa shape index (κ1) is 25.5. The number of halogens is 1. The summed E-state index contributed by atoms with van der Waals surface area (Å²) >= 11 is 6.16. The summed E-state index contributed by atoms with van der Waals surface area (Å²) < 4.78 is 0. The van der Waals surface area contributed by atoms with Crippen LogP contribution >= 0.6 is 11.6 Å². The van der Waals surface area contributed by atoms with Gasteiger partial charge in [0.2, 0.25) is 5.91 Å². The number of Topliss-reactive ketones (excluding diaryl/α,β-unsaturated/α-hetero) is 1. The molecule has 4 fully saturated rings. The van der Waals surface area contributed by atoms with Crippen molar-refractivity contribution in [2.45, 2.75) is 63.3 Å². The van der Waals surface area contributed by atoms with Gasteiger partial charge in [-0.25, -0.2) is 4.79 Å². The van der Waals surface area contributed by atoms with E-state index in [9.17, 15) is 14.4 Å². The van der Waals surface area contributed by atoms with E-state index in [-0.39, 0.29) is 35.0 Å². The first-order valence-corrected chi connectivity index (χ1v) is 13.9. The maximum absolute atomic E-state index is 14.4. The van der Waals surface area contributed by atoms with Gasteiger partial charge >= 0.3 is 6.03 Å². The van der Waals surface area contributed by atoms with Crippen LogP contribution in [0.5, 0.6) is 0 Å². The number of ketones is 1. The molecule has 8 heteroatoms. The Labute approximate surface area is 219 Å². The molecule has 36 heavy (non-hydrogen) atoms. The third-order valence-corrected chi connectivity index (χ3v) is 9.37.